The van der Waals surface area contributed by atoms with E-state index in [1.165, 1.54) is 0 Å². The number of aliphatic hydroxyl groups excluding tert-OH is 1. The van der Waals surface area contributed by atoms with E-state index < -0.39 is 0 Å². The van der Waals surface area contributed by atoms with Gasteiger partial charge < -0.3 is 10.0 Å². The first kappa shape index (κ1) is 35.0. The third-order valence-electron chi connectivity index (χ3n) is 3.37. The Morgan fingerprint density at radius 3 is 1.55 bits per heavy atom. The molecule has 0 atom stereocenters. The number of hydrogen-bond donors (Lipinski definition) is 1. The Morgan fingerprint density at radius 2 is 1.31 bits per heavy atom. The zero-order valence-corrected chi connectivity index (χ0v) is 22.4. The fraction of sp³-hybridized carbons (Fsp3) is 0.704. The first-order valence-electron chi connectivity index (χ1n) is 11.4. The van der Waals surface area contributed by atoms with Gasteiger partial charge in [0, 0.05) is 12.2 Å². The number of aliphatic hydroxyl groups is 1. The van der Waals surface area contributed by atoms with Crippen molar-refractivity contribution in [3.8, 4) is 0 Å². The van der Waals surface area contributed by atoms with Gasteiger partial charge in [0.15, 0.2) is 0 Å². The van der Waals surface area contributed by atoms with Crippen LogP contribution in [0, 0.1) is 11.3 Å². The molecule has 0 heterocycles. The molecule has 0 unspecified atom stereocenters. The van der Waals surface area contributed by atoms with Crippen LogP contribution in [0.1, 0.15) is 109 Å². The summed E-state index contributed by atoms with van der Waals surface area (Å²) in [5.41, 5.74) is 3.76. The second kappa shape index (κ2) is 19.9. The van der Waals surface area contributed by atoms with Crippen molar-refractivity contribution in [2.45, 2.75) is 109 Å². The van der Waals surface area contributed by atoms with Crippen molar-refractivity contribution in [3.63, 3.8) is 0 Å². The van der Waals surface area contributed by atoms with E-state index in [-0.39, 0.29) is 11.2 Å². The second-order valence-corrected chi connectivity index (χ2v) is 8.75. The quantitative estimate of drug-likeness (QED) is 0.318. The van der Waals surface area contributed by atoms with Crippen LogP contribution in [-0.2, 0) is 0 Å². The molecule has 2 nitrogen and oxygen atoms in total. The molecule has 0 amide bonds. The largest absolute Gasteiger partial charge is 0.506 e. The molecule has 0 aromatic heterocycles. The Morgan fingerprint density at radius 1 is 0.931 bits per heavy atom. The topological polar surface area (TPSA) is 23.5 Å². The van der Waals surface area contributed by atoms with Crippen LogP contribution in [0.3, 0.4) is 0 Å². The highest BCUT2D eigenvalue weighted by atomic mass is 16.3. The van der Waals surface area contributed by atoms with Crippen LogP contribution in [0.2, 0.25) is 0 Å². The summed E-state index contributed by atoms with van der Waals surface area (Å²) in [5, 5.41) is 10.1. The third-order valence-corrected chi connectivity index (χ3v) is 3.37. The fourth-order valence-corrected chi connectivity index (χ4v) is 2.12. The number of nitrogens with zero attached hydrogens (tertiary/aromatic N) is 1. The third kappa shape index (κ3) is 21.1. The smallest absolute Gasteiger partial charge is 0.132 e. The van der Waals surface area contributed by atoms with Gasteiger partial charge >= 0.3 is 0 Å². The highest BCUT2D eigenvalue weighted by Crippen LogP contribution is 2.30. The van der Waals surface area contributed by atoms with Crippen molar-refractivity contribution in [1.82, 2.24) is 4.90 Å². The molecule has 0 aliphatic carbocycles. The lowest BCUT2D eigenvalue weighted by atomic mass is 9.94. The van der Waals surface area contributed by atoms with Gasteiger partial charge in [-0.05, 0) is 43.6 Å². The predicted molar refractivity (Wildman–Crippen MR) is 137 cm³/mol. The number of hydrogen-bond acceptors (Lipinski definition) is 2. The van der Waals surface area contributed by atoms with E-state index >= 15 is 0 Å². The molecule has 0 saturated carbocycles. The normalized spacial score (nSPS) is 10.8. The average Bonchev–Trinajstić information content (AvgIpc) is 2.60. The number of rotatable bonds is 8. The zero-order chi connectivity index (χ0) is 24.4. The highest BCUT2D eigenvalue weighted by Gasteiger charge is 2.23. The van der Waals surface area contributed by atoms with E-state index in [1.807, 2.05) is 41.5 Å². The van der Waals surface area contributed by atoms with Gasteiger partial charge in [0.25, 0.3) is 0 Å². The van der Waals surface area contributed by atoms with Crippen LogP contribution in [-0.4, -0.2) is 16.6 Å². The first-order valence-corrected chi connectivity index (χ1v) is 11.4. The van der Waals surface area contributed by atoms with Crippen LogP contribution in [0.5, 0.6) is 0 Å². The van der Waals surface area contributed by atoms with E-state index in [4.69, 9.17) is 0 Å². The number of unbranched alkanes of at least 4 members (excludes halogenated alkanes) is 1. The Balaban J connectivity index is -0.000000337. The minimum atomic E-state index is 0.0809. The van der Waals surface area contributed by atoms with Gasteiger partial charge in [-0.3, -0.25) is 0 Å². The second-order valence-electron chi connectivity index (χ2n) is 8.75. The van der Waals surface area contributed by atoms with Gasteiger partial charge in [0.2, 0.25) is 0 Å². The Bertz CT molecular complexity index is 473. The molecular weight excluding hydrogens is 354 g/mol. The Labute approximate surface area is 185 Å². The minimum Gasteiger partial charge on any atom is -0.506 e. The molecule has 2 heteroatoms. The summed E-state index contributed by atoms with van der Waals surface area (Å²) in [6, 6.07) is 0. The zero-order valence-electron chi connectivity index (χ0n) is 22.4. The summed E-state index contributed by atoms with van der Waals surface area (Å²) in [7, 11) is 0. The maximum atomic E-state index is 10.1. The Kier molecular flexibility index (Phi) is 24.0. The van der Waals surface area contributed by atoms with E-state index in [0.29, 0.717) is 0 Å². The Hall–Kier alpha value is -1.44. The summed E-state index contributed by atoms with van der Waals surface area (Å²) in [6.45, 7) is 39.9. The molecule has 0 aliphatic heterocycles. The van der Waals surface area contributed by atoms with E-state index in [9.17, 15) is 5.11 Å². The summed E-state index contributed by atoms with van der Waals surface area (Å²) in [6.07, 6.45) is 3.14. The molecule has 0 bridgehead atoms. The molecule has 0 spiro atoms. The van der Waals surface area contributed by atoms with Crippen molar-refractivity contribution < 1.29 is 5.11 Å². The molecule has 0 fully saturated rings. The van der Waals surface area contributed by atoms with Crippen molar-refractivity contribution in [1.29, 1.82) is 0 Å². The predicted octanol–water partition coefficient (Wildman–Crippen LogP) is 9.67. The molecule has 0 radical (unpaired) electrons. The van der Waals surface area contributed by atoms with Gasteiger partial charge in [-0.2, -0.15) is 0 Å². The lowest BCUT2D eigenvalue weighted by molar-refractivity contribution is 0.253. The van der Waals surface area contributed by atoms with Crippen molar-refractivity contribution in [2.24, 2.45) is 11.3 Å². The minimum absolute atomic E-state index is 0.0809. The standard InChI is InChI=1S/C19H33NO.C4H10.2C2H6/c1-10-11-12-15(4)20(13-19(7,8)9)18(17(6)21)16(5)14(2)3;1-4(2)3;2*1-2/h21H,2,4,6,10-13H2,1,3,5,7-9H3;4H,1-3H3;2*1-2H3/b18-16+;;;. The maximum absolute atomic E-state index is 10.1. The maximum Gasteiger partial charge on any atom is 0.132 e. The van der Waals surface area contributed by atoms with Crippen molar-refractivity contribution >= 4 is 0 Å². The molecule has 0 aliphatic rings. The van der Waals surface area contributed by atoms with Gasteiger partial charge in [-0.15, -0.1) is 0 Å². The lowest BCUT2D eigenvalue weighted by Crippen LogP contribution is -2.32. The van der Waals surface area contributed by atoms with Gasteiger partial charge in [-0.1, -0.05) is 108 Å². The summed E-state index contributed by atoms with van der Waals surface area (Å²) in [4.78, 5) is 2.11. The summed E-state index contributed by atoms with van der Waals surface area (Å²) >= 11 is 0. The van der Waals surface area contributed by atoms with Gasteiger partial charge in [0.1, 0.15) is 5.76 Å². The summed E-state index contributed by atoms with van der Waals surface area (Å²) < 4.78 is 0. The molecule has 0 saturated heterocycles. The highest BCUT2D eigenvalue weighted by molar-refractivity contribution is 5.39. The lowest BCUT2D eigenvalue weighted by Gasteiger charge is -2.35. The van der Waals surface area contributed by atoms with Crippen LogP contribution in [0.25, 0.3) is 0 Å². The molecule has 174 valence electrons. The van der Waals surface area contributed by atoms with Gasteiger partial charge in [0.05, 0.1) is 5.70 Å². The SMILES string of the molecule is C=C(C)/C(C)=C(\C(=C)O)N(CC(C)(C)C)C(=C)CCCC.CC.CC.CC(C)C. The molecular formula is C27H55NO. The summed E-state index contributed by atoms with van der Waals surface area (Å²) in [5.74, 6) is 0.914. The molecule has 29 heavy (non-hydrogen) atoms. The molecule has 0 aromatic rings. The molecule has 1 N–H and O–H groups in total. The monoisotopic (exact) mass is 409 g/mol. The van der Waals surface area contributed by atoms with Crippen LogP contribution in [0.15, 0.2) is 48.0 Å². The van der Waals surface area contributed by atoms with Gasteiger partial charge in [-0.25, -0.2) is 0 Å². The van der Waals surface area contributed by atoms with Crippen molar-refractivity contribution in [3.05, 3.63) is 48.0 Å². The molecule has 0 aromatic carbocycles. The van der Waals surface area contributed by atoms with E-state index in [1.54, 1.807) is 0 Å². The van der Waals surface area contributed by atoms with Crippen LogP contribution >= 0.6 is 0 Å². The van der Waals surface area contributed by atoms with Crippen molar-refractivity contribution in [2.75, 3.05) is 6.54 Å². The molecule has 0 rings (SSSR count). The average molecular weight is 410 g/mol. The van der Waals surface area contributed by atoms with E-state index in [0.717, 1.165) is 54.3 Å². The fourth-order valence-electron chi connectivity index (χ4n) is 2.12. The first-order chi connectivity index (χ1) is 13.2. The van der Waals surface area contributed by atoms with E-state index in [2.05, 4.69) is 73.1 Å². The number of allylic oxidation sites excluding steroid dienone is 3. The van der Waals surface area contributed by atoms with Crippen LogP contribution < -0.4 is 0 Å². The van der Waals surface area contributed by atoms with Crippen LogP contribution in [0.4, 0.5) is 0 Å².